The Bertz CT molecular complexity index is 839. The highest BCUT2D eigenvalue weighted by Crippen LogP contribution is 2.16. The van der Waals surface area contributed by atoms with Gasteiger partial charge in [-0.1, -0.05) is 36.4 Å². The van der Waals surface area contributed by atoms with Crippen molar-refractivity contribution in [3.05, 3.63) is 65.2 Å². The number of benzene rings is 2. The molecule has 0 aromatic heterocycles. The van der Waals surface area contributed by atoms with Gasteiger partial charge in [-0.2, -0.15) is 0 Å². The Labute approximate surface area is 179 Å². The average molecular weight is 413 g/mol. The van der Waals surface area contributed by atoms with E-state index in [1.165, 1.54) is 0 Å². The number of carbonyl (C=O) groups excluding carboxylic acids is 2. The molecule has 0 heterocycles. The number of ether oxygens (including phenoxy) is 2. The number of rotatable bonds is 7. The van der Waals surface area contributed by atoms with E-state index < -0.39 is 23.8 Å². The Kier molecular flexibility index (Phi) is 8.00. The molecule has 0 unspecified atom stereocenters. The molecule has 2 N–H and O–H groups in total. The topological polar surface area (TPSA) is 76.7 Å². The fourth-order valence-corrected chi connectivity index (χ4v) is 3.00. The van der Waals surface area contributed by atoms with E-state index in [-0.39, 0.29) is 5.91 Å². The Morgan fingerprint density at radius 3 is 2.17 bits per heavy atom. The zero-order valence-corrected chi connectivity index (χ0v) is 18.6. The summed E-state index contributed by atoms with van der Waals surface area (Å²) >= 11 is 0. The molecule has 2 aromatic carbocycles. The molecule has 30 heavy (non-hydrogen) atoms. The number of amides is 2. The standard InChI is InChI=1S/C24H32N2O4/c1-16-12-17(2)14-20(13-16)25-22(27)21(26-23(28)30-24(4,5)6)18(3)29-15-19-10-8-7-9-11-19/h7-14,18,21H,15H2,1-6H3,(H,25,27)(H,26,28)/t18-,21-/m1/s1. The third-order valence-electron chi connectivity index (χ3n) is 4.27. The summed E-state index contributed by atoms with van der Waals surface area (Å²) in [5.41, 5.74) is 3.05. The molecule has 0 spiro atoms. The molecule has 162 valence electrons. The molecule has 2 aromatic rings. The fraction of sp³-hybridized carbons (Fsp3) is 0.417. The number of hydrogen-bond acceptors (Lipinski definition) is 4. The summed E-state index contributed by atoms with van der Waals surface area (Å²) in [6.45, 7) is 11.3. The summed E-state index contributed by atoms with van der Waals surface area (Å²) in [5, 5.41) is 5.54. The van der Waals surface area contributed by atoms with Crippen LogP contribution < -0.4 is 10.6 Å². The smallest absolute Gasteiger partial charge is 0.408 e. The van der Waals surface area contributed by atoms with E-state index >= 15 is 0 Å². The van der Waals surface area contributed by atoms with Crippen molar-refractivity contribution < 1.29 is 19.1 Å². The van der Waals surface area contributed by atoms with Crippen molar-refractivity contribution in [2.24, 2.45) is 0 Å². The molecule has 0 fully saturated rings. The Balaban J connectivity index is 2.13. The van der Waals surface area contributed by atoms with Crippen molar-refractivity contribution >= 4 is 17.7 Å². The highest BCUT2D eigenvalue weighted by Gasteiger charge is 2.30. The van der Waals surface area contributed by atoms with Gasteiger partial charge in [-0.05, 0) is 70.4 Å². The van der Waals surface area contributed by atoms with Crippen LogP contribution in [-0.4, -0.2) is 29.7 Å². The summed E-state index contributed by atoms with van der Waals surface area (Å²) < 4.78 is 11.2. The lowest BCUT2D eigenvalue weighted by molar-refractivity contribution is -0.122. The summed E-state index contributed by atoms with van der Waals surface area (Å²) in [7, 11) is 0. The second kappa shape index (κ2) is 10.3. The molecule has 0 aliphatic heterocycles. The van der Waals surface area contributed by atoms with Gasteiger partial charge in [0.2, 0.25) is 5.91 Å². The van der Waals surface area contributed by atoms with Crippen LogP contribution >= 0.6 is 0 Å². The monoisotopic (exact) mass is 412 g/mol. The van der Waals surface area contributed by atoms with Gasteiger partial charge in [-0.25, -0.2) is 4.79 Å². The Hall–Kier alpha value is -2.86. The predicted molar refractivity (Wildman–Crippen MR) is 118 cm³/mol. The van der Waals surface area contributed by atoms with E-state index in [0.29, 0.717) is 12.3 Å². The minimum absolute atomic E-state index is 0.325. The first kappa shape index (κ1) is 23.4. The first-order valence-electron chi connectivity index (χ1n) is 10.1. The van der Waals surface area contributed by atoms with E-state index in [1.54, 1.807) is 27.7 Å². The average Bonchev–Trinajstić information content (AvgIpc) is 2.62. The zero-order chi connectivity index (χ0) is 22.3. The molecule has 0 saturated carbocycles. The second-order valence-corrected chi connectivity index (χ2v) is 8.49. The lowest BCUT2D eigenvalue weighted by Crippen LogP contribution is -2.52. The first-order chi connectivity index (χ1) is 14.0. The van der Waals surface area contributed by atoms with Crippen molar-refractivity contribution in [2.75, 3.05) is 5.32 Å². The summed E-state index contributed by atoms with van der Waals surface area (Å²) in [4.78, 5) is 25.4. The molecule has 0 radical (unpaired) electrons. The SMILES string of the molecule is Cc1cc(C)cc(NC(=O)[C@H](NC(=O)OC(C)(C)C)[C@@H](C)OCc2ccccc2)c1. The fourth-order valence-electron chi connectivity index (χ4n) is 3.00. The minimum atomic E-state index is -0.926. The van der Waals surface area contributed by atoms with Gasteiger partial charge in [-0.3, -0.25) is 4.79 Å². The normalized spacial score (nSPS) is 13.3. The molecule has 6 heteroatoms. The largest absolute Gasteiger partial charge is 0.444 e. The molecule has 2 atom stereocenters. The van der Waals surface area contributed by atoms with Crippen LogP contribution in [0.5, 0.6) is 0 Å². The Morgan fingerprint density at radius 2 is 1.60 bits per heavy atom. The van der Waals surface area contributed by atoms with Gasteiger partial charge in [0.05, 0.1) is 12.7 Å². The first-order valence-corrected chi connectivity index (χ1v) is 10.1. The van der Waals surface area contributed by atoms with Crippen molar-refractivity contribution in [2.45, 2.75) is 65.9 Å². The van der Waals surface area contributed by atoms with Gasteiger partial charge in [0, 0.05) is 5.69 Å². The van der Waals surface area contributed by atoms with Gasteiger partial charge in [0.1, 0.15) is 11.6 Å². The Morgan fingerprint density at radius 1 is 1.00 bits per heavy atom. The van der Waals surface area contributed by atoms with Crippen LogP contribution in [0.3, 0.4) is 0 Å². The molecule has 6 nitrogen and oxygen atoms in total. The van der Waals surface area contributed by atoms with E-state index in [0.717, 1.165) is 16.7 Å². The third-order valence-corrected chi connectivity index (χ3v) is 4.27. The van der Waals surface area contributed by atoms with Gasteiger partial charge >= 0.3 is 6.09 Å². The zero-order valence-electron chi connectivity index (χ0n) is 18.6. The molecular formula is C24H32N2O4. The quantitative estimate of drug-likeness (QED) is 0.689. The number of hydrogen-bond donors (Lipinski definition) is 2. The number of aryl methyl sites for hydroxylation is 2. The maximum Gasteiger partial charge on any atom is 0.408 e. The maximum absolute atomic E-state index is 13.0. The number of carbonyl (C=O) groups is 2. The van der Waals surface area contributed by atoms with E-state index in [1.807, 2.05) is 62.4 Å². The third kappa shape index (κ3) is 7.87. The van der Waals surface area contributed by atoms with E-state index in [2.05, 4.69) is 10.6 Å². The van der Waals surface area contributed by atoms with Crippen molar-refractivity contribution in [3.63, 3.8) is 0 Å². The minimum Gasteiger partial charge on any atom is -0.444 e. The van der Waals surface area contributed by atoms with Crippen LogP contribution in [0.1, 0.15) is 44.4 Å². The summed E-state index contributed by atoms with van der Waals surface area (Å²) in [6, 6.07) is 14.5. The second-order valence-electron chi connectivity index (χ2n) is 8.49. The molecule has 0 saturated heterocycles. The summed E-state index contributed by atoms with van der Waals surface area (Å²) in [5.74, 6) is -0.369. The van der Waals surface area contributed by atoms with Gasteiger partial charge in [-0.15, -0.1) is 0 Å². The van der Waals surface area contributed by atoms with Crippen LogP contribution in [0.2, 0.25) is 0 Å². The molecule has 2 rings (SSSR count). The lowest BCUT2D eigenvalue weighted by atomic mass is 10.1. The van der Waals surface area contributed by atoms with Crippen molar-refractivity contribution in [1.29, 1.82) is 0 Å². The van der Waals surface area contributed by atoms with Gasteiger partial charge in [0.15, 0.2) is 0 Å². The molecule has 2 amide bonds. The maximum atomic E-state index is 13.0. The number of anilines is 1. The summed E-state index contributed by atoms with van der Waals surface area (Å²) in [6.07, 6.45) is -1.25. The lowest BCUT2D eigenvalue weighted by Gasteiger charge is -2.27. The highest BCUT2D eigenvalue weighted by atomic mass is 16.6. The van der Waals surface area contributed by atoms with Gasteiger partial charge in [0.25, 0.3) is 0 Å². The van der Waals surface area contributed by atoms with Crippen LogP contribution in [0.25, 0.3) is 0 Å². The van der Waals surface area contributed by atoms with Crippen LogP contribution in [0.15, 0.2) is 48.5 Å². The van der Waals surface area contributed by atoms with Gasteiger partial charge < -0.3 is 20.1 Å². The van der Waals surface area contributed by atoms with Crippen LogP contribution in [-0.2, 0) is 20.9 Å². The van der Waals surface area contributed by atoms with Crippen molar-refractivity contribution in [1.82, 2.24) is 5.32 Å². The molecule has 0 aliphatic rings. The predicted octanol–water partition coefficient (Wildman–Crippen LogP) is 4.74. The number of nitrogens with one attached hydrogen (secondary N) is 2. The van der Waals surface area contributed by atoms with E-state index in [4.69, 9.17) is 9.47 Å². The molecular weight excluding hydrogens is 380 g/mol. The molecule has 0 aliphatic carbocycles. The van der Waals surface area contributed by atoms with Crippen LogP contribution in [0, 0.1) is 13.8 Å². The highest BCUT2D eigenvalue weighted by molar-refractivity contribution is 5.97. The van der Waals surface area contributed by atoms with Crippen LogP contribution in [0.4, 0.5) is 10.5 Å². The number of alkyl carbamates (subject to hydrolysis) is 1. The van der Waals surface area contributed by atoms with Crippen molar-refractivity contribution in [3.8, 4) is 0 Å². The van der Waals surface area contributed by atoms with E-state index in [9.17, 15) is 9.59 Å². The molecule has 0 bridgehead atoms.